The first kappa shape index (κ1) is 16.0. The molecule has 1 unspecified atom stereocenters. The van der Waals surface area contributed by atoms with Gasteiger partial charge in [0.05, 0.1) is 0 Å². The van der Waals surface area contributed by atoms with Gasteiger partial charge in [-0.05, 0) is 0 Å². The van der Waals surface area contributed by atoms with E-state index in [0.29, 0.717) is 0 Å². The van der Waals surface area contributed by atoms with Crippen molar-refractivity contribution in [3.05, 3.63) is 22.7 Å². The molecule has 1 rings (SSSR count). The fourth-order valence-corrected chi connectivity index (χ4v) is 3.26. The highest BCUT2D eigenvalue weighted by Gasteiger charge is 2.71. The van der Waals surface area contributed by atoms with Crippen molar-refractivity contribution in [1.29, 1.82) is 0 Å². The van der Waals surface area contributed by atoms with Gasteiger partial charge in [-0.2, -0.15) is 0 Å². The van der Waals surface area contributed by atoms with Gasteiger partial charge >= 0.3 is 0 Å². The average Bonchev–Trinajstić information content (AvgIpc) is 2.51. The van der Waals surface area contributed by atoms with Crippen LogP contribution in [-0.2, 0) is 14.3 Å². The molecule has 0 saturated heterocycles. The fourth-order valence-electron chi connectivity index (χ4n) is 2.10. The summed E-state index contributed by atoms with van der Waals surface area (Å²) >= 11 is 18.6. The van der Waals surface area contributed by atoms with Gasteiger partial charge in [0.1, 0.15) is 10.1 Å². The number of alkyl halides is 1. The summed E-state index contributed by atoms with van der Waals surface area (Å²) in [6, 6.07) is 0. The van der Waals surface area contributed by atoms with Crippen LogP contribution in [0.3, 0.4) is 0 Å². The third-order valence-corrected chi connectivity index (χ3v) is 5.22. The lowest BCUT2D eigenvalue weighted by Gasteiger charge is -2.46. The van der Waals surface area contributed by atoms with Crippen LogP contribution >= 0.6 is 34.8 Å². The topological polar surface area (TPSA) is 35.5 Å². The van der Waals surface area contributed by atoms with Crippen molar-refractivity contribution in [1.82, 2.24) is 0 Å². The maximum absolute atomic E-state index is 12.4. The lowest BCUT2D eigenvalue weighted by molar-refractivity contribution is -0.204. The highest BCUT2D eigenvalue weighted by Crippen LogP contribution is 2.58. The van der Waals surface area contributed by atoms with E-state index < -0.39 is 21.9 Å². The molecule has 0 heterocycles. The fraction of sp³-hybridized carbons (Fsp3) is 0.583. The first-order valence-electron chi connectivity index (χ1n) is 5.19. The molecule has 1 aliphatic rings. The highest BCUT2D eigenvalue weighted by atomic mass is 35.5. The molecule has 3 nitrogen and oxygen atoms in total. The Morgan fingerprint density at radius 1 is 1.28 bits per heavy atom. The van der Waals surface area contributed by atoms with Crippen molar-refractivity contribution < 1.29 is 14.3 Å². The Hall–Kier alpha value is -0.0600. The van der Waals surface area contributed by atoms with Crippen molar-refractivity contribution in [2.45, 2.75) is 24.5 Å². The SMILES string of the molecule is C=CC(C)(C)C1(Cl)C(=O)C(Cl)=C(Cl)C1(OC)OC. The van der Waals surface area contributed by atoms with Crippen LogP contribution in [0.25, 0.3) is 0 Å². The Labute approximate surface area is 122 Å². The lowest BCUT2D eigenvalue weighted by atomic mass is 9.73. The number of hydrogen-bond acceptors (Lipinski definition) is 3. The van der Waals surface area contributed by atoms with Crippen LogP contribution < -0.4 is 0 Å². The van der Waals surface area contributed by atoms with E-state index in [9.17, 15) is 4.79 Å². The molecule has 0 N–H and O–H groups in total. The number of methoxy groups -OCH3 is 2. The zero-order valence-corrected chi connectivity index (χ0v) is 12.9. The quantitative estimate of drug-likeness (QED) is 0.453. The number of hydrogen-bond donors (Lipinski definition) is 0. The van der Waals surface area contributed by atoms with E-state index in [1.54, 1.807) is 19.9 Å². The number of rotatable bonds is 4. The standard InChI is InChI=1S/C12H15Cl3O3/c1-6-10(2,3)11(15)9(16)7(13)8(14)12(11,17-4)18-5/h6H,1H2,2-5H3. The number of carbonyl (C=O) groups excluding carboxylic acids is 1. The van der Waals surface area contributed by atoms with Crippen LogP contribution in [0.4, 0.5) is 0 Å². The van der Waals surface area contributed by atoms with E-state index >= 15 is 0 Å². The summed E-state index contributed by atoms with van der Waals surface area (Å²) in [5, 5.41) is -0.227. The second-order valence-electron chi connectivity index (χ2n) is 4.57. The molecule has 0 saturated carbocycles. The van der Waals surface area contributed by atoms with Crippen molar-refractivity contribution in [3.8, 4) is 0 Å². The summed E-state index contributed by atoms with van der Waals surface area (Å²) in [5.74, 6) is -2.16. The normalized spacial score (nSPS) is 27.8. The lowest BCUT2D eigenvalue weighted by Crippen LogP contribution is -2.61. The van der Waals surface area contributed by atoms with E-state index in [0.717, 1.165) is 0 Å². The minimum atomic E-state index is -1.62. The van der Waals surface area contributed by atoms with E-state index in [1.807, 2.05) is 0 Å². The average molecular weight is 314 g/mol. The molecule has 0 radical (unpaired) electrons. The van der Waals surface area contributed by atoms with Gasteiger partial charge in [-0.1, -0.05) is 43.1 Å². The molecule has 0 aromatic carbocycles. The zero-order valence-electron chi connectivity index (χ0n) is 10.6. The first-order chi connectivity index (χ1) is 8.16. The van der Waals surface area contributed by atoms with E-state index in [1.165, 1.54) is 14.2 Å². The highest BCUT2D eigenvalue weighted by molar-refractivity contribution is 6.57. The van der Waals surface area contributed by atoms with Gasteiger partial charge in [0.2, 0.25) is 11.6 Å². The van der Waals surface area contributed by atoms with Gasteiger partial charge in [-0.15, -0.1) is 18.2 Å². The van der Waals surface area contributed by atoms with Gasteiger partial charge in [-0.3, -0.25) is 4.79 Å². The molecule has 0 aromatic rings. The van der Waals surface area contributed by atoms with Crippen LogP contribution in [0.15, 0.2) is 22.7 Å². The second kappa shape index (κ2) is 4.80. The molecular formula is C12H15Cl3O3. The number of ketones is 1. The Morgan fingerprint density at radius 3 is 2.06 bits per heavy atom. The molecule has 102 valence electrons. The Bertz CT molecular complexity index is 424. The third kappa shape index (κ3) is 1.61. The van der Waals surface area contributed by atoms with E-state index in [-0.39, 0.29) is 10.1 Å². The molecule has 0 aromatic heterocycles. The third-order valence-electron chi connectivity index (χ3n) is 3.42. The second-order valence-corrected chi connectivity index (χ2v) is 5.89. The van der Waals surface area contributed by atoms with Crippen molar-refractivity contribution in [2.24, 2.45) is 5.41 Å². The summed E-state index contributed by atoms with van der Waals surface area (Å²) in [7, 11) is 2.70. The maximum atomic E-state index is 12.4. The van der Waals surface area contributed by atoms with Crippen LogP contribution in [0.1, 0.15) is 13.8 Å². The summed E-state index contributed by atoms with van der Waals surface area (Å²) in [6.45, 7) is 7.16. The van der Waals surface area contributed by atoms with Gasteiger partial charge in [0.25, 0.3) is 0 Å². The summed E-state index contributed by atoms with van der Waals surface area (Å²) in [5.41, 5.74) is -0.853. The monoisotopic (exact) mass is 312 g/mol. The van der Waals surface area contributed by atoms with Gasteiger partial charge < -0.3 is 9.47 Å². The molecule has 6 heteroatoms. The number of allylic oxidation sites excluding steroid dienone is 2. The minimum Gasteiger partial charge on any atom is -0.347 e. The largest absolute Gasteiger partial charge is 0.347 e. The molecule has 18 heavy (non-hydrogen) atoms. The molecule has 1 aliphatic carbocycles. The van der Waals surface area contributed by atoms with E-state index in [2.05, 4.69) is 6.58 Å². The van der Waals surface area contributed by atoms with Crippen molar-refractivity contribution >= 4 is 40.6 Å². The molecule has 0 bridgehead atoms. The maximum Gasteiger partial charge on any atom is 0.235 e. The van der Waals surface area contributed by atoms with Crippen LogP contribution in [0.2, 0.25) is 0 Å². The number of halogens is 3. The molecule has 0 spiro atoms. The van der Waals surface area contributed by atoms with Crippen LogP contribution in [-0.4, -0.2) is 30.7 Å². The molecular weight excluding hydrogens is 298 g/mol. The molecule has 1 atom stereocenters. The van der Waals surface area contributed by atoms with Gasteiger partial charge in [0, 0.05) is 19.6 Å². The predicted octanol–water partition coefficient (Wildman–Crippen LogP) is 3.44. The van der Waals surface area contributed by atoms with Crippen LogP contribution in [0.5, 0.6) is 0 Å². The zero-order chi connectivity index (χ0) is 14.4. The van der Waals surface area contributed by atoms with Gasteiger partial charge in [-0.25, -0.2) is 0 Å². The smallest absolute Gasteiger partial charge is 0.235 e. The Morgan fingerprint density at radius 2 is 1.72 bits per heavy atom. The van der Waals surface area contributed by atoms with Crippen molar-refractivity contribution in [2.75, 3.05) is 14.2 Å². The van der Waals surface area contributed by atoms with Crippen LogP contribution in [0, 0.1) is 5.41 Å². The minimum absolute atomic E-state index is 0.0518. The van der Waals surface area contributed by atoms with Crippen molar-refractivity contribution in [3.63, 3.8) is 0 Å². The number of ether oxygens (including phenoxy) is 2. The predicted molar refractivity (Wildman–Crippen MR) is 73.1 cm³/mol. The number of Topliss-reactive ketones (excluding diaryl/α,β-unsaturated/α-hetero) is 1. The molecule has 0 fully saturated rings. The summed E-state index contributed by atoms with van der Waals surface area (Å²) in [4.78, 5) is 10.8. The first-order valence-corrected chi connectivity index (χ1v) is 6.33. The summed E-state index contributed by atoms with van der Waals surface area (Å²) < 4.78 is 10.6. The Kier molecular flexibility index (Phi) is 4.27. The van der Waals surface area contributed by atoms with E-state index in [4.69, 9.17) is 44.3 Å². The summed E-state index contributed by atoms with van der Waals surface area (Å²) in [6.07, 6.45) is 1.55. The molecule has 0 amide bonds. The Balaban J connectivity index is 3.63. The molecule has 0 aliphatic heterocycles. The number of carbonyl (C=O) groups is 1. The van der Waals surface area contributed by atoms with Gasteiger partial charge in [0.15, 0.2) is 4.87 Å².